The Hall–Kier alpha value is -0.650. The van der Waals surface area contributed by atoms with Gasteiger partial charge in [0, 0.05) is 46.3 Å². The lowest BCUT2D eigenvalue weighted by Crippen LogP contribution is -2.50. The smallest absolute Gasteiger partial charge is 0.228 e. The van der Waals surface area contributed by atoms with Crippen LogP contribution in [0.4, 0.5) is 0 Å². The van der Waals surface area contributed by atoms with Crippen LogP contribution in [0.2, 0.25) is 0 Å². The maximum atomic E-state index is 12.4. The first kappa shape index (κ1) is 14.8. The molecule has 0 aromatic rings. The summed E-state index contributed by atoms with van der Waals surface area (Å²) in [5, 5.41) is 10.4. The van der Waals surface area contributed by atoms with E-state index < -0.39 is 5.60 Å². The standard InChI is InChI=1S/C14H25NO4/c1-11-12(4-3-7-19-11)13(16)15(2)10-14(17)5-8-18-9-6-14/h11-12,17H,3-10H2,1-2H3/t11-,12-/m0/s1. The van der Waals surface area contributed by atoms with Gasteiger partial charge in [-0.25, -0.2) is 0 Å². The Morgan fingerprint density at radius 2 is 2.05 bits per heavy atom. The summed E-state index contributed by atoms with van der Waals surface area (Å²) in [7, 11) is 1.77. The summed E-state index contributed by atoms with van der Waals surface area (Å²) in [6, 6.07) is 0. The molecular weight excluding hydrogens is 246 g/mol. The minimum atomic E-state index is -0.790. The number of nitrogens with zero attached hydrogens (tertiary/aromatic N) is 1. The van der Waals surface area contributed by atoms with Gasteiger partial charge >= 0.3 is 0 Å². The minimum Gasteiger partial charge on any atom is -0.388 e. The van der Waals surface area contributed by atoms with E-state index in [1.807, 2.05) is 6.92 Å². The lowest BCUT2D eigenvalue weighted by atomic mass is 9.91. The van der Waals surface area contributed by atoms with Crippen molar-refractivity contribution in [3.63, 3.8) is 0 Å². The normalized spacial score (nSPS) is 30.9. The van der Waals surface area contributed by atoms with Gasteiger partial charge in [0.2, 0.25) is 5.91 Å². The number of aliphatic hydroxyl groups is 1. The molecule has 0 aromatic carbocycles. The number of hydrogen-bond donors (Lipinski definition) is 1. The highest BCUT2D eigenvalue weighted by molar-refractivity contribution is 5.79. The Bertz CT molecular complexity index is 315. The third kappa shape index (κ3) is 3.68. The van der Waals surface area contributed by atoms with Crippen LogP contribution in [0.5, 0.6) is 0 Å². The Morgan fingerprint density at radius 3 is 2.68 bits per heavy atom. The van der Waals surface area contributed by atoms with Gasteiger partial charge in [-0.3, -0.25) is 4.79 Å². The van der Waals surface area contributed by atoms with Crippen molar-refractivity contribution in [3.8, 4) is 0 Å². The van der Waals surface area contributed by atoms with Gasteiger partial charge in [0.15, 0.2) is 0 Å². The molecule has 2 fully saturated rings. The molecule has 5 nitrogen and oxygen atoms in total. The van der Waals surface area contributed by atoms with Gasteiger partial charge in [0.1, 0.15) is 0 Å². The van der Waals surface area contributed by atoms with Crippen LogP contribution >= 0.6 is 0 Å². The minimum absolute atomic E-state index is 0.0203. The SMILES string of the molecule is C[C@@H]1OCCC[C@@H]1C(=O)N(C)CC1(O)CCOCC1. The zero-order chi connectivity index (χ0) is 13.9. The lowest BCUT2D eigenvalue weighted by molar-refractivity contribution is -0.148. The van der Waals surface area contributed by atoms with Gasteiger partial charge in [0.05, 0.1) is 17.6 Å². The molecule has 19 heavy (non-hydrogen) atoms. The van der Waals surface area contributed by atoms with E-state index >= 15 is 0 Å². The zero-order valence-corrected chi connectivity index (χ0v) is 11.9. The van der Waals surface area contributed by atoms with Crippen LogP contribution in [-0.4, -0.2) is 61.0 Å². The van der Waals surface area contributed by atoms with Crippen LogP contribution in [0, 0.1) is 5.92 Å². The maximum absolute atomic E-state index is 12.4. The van der Waals surface area contributed by atoms with Gasteiger partial charge in [-0.1, -0.05) is 0 Å². The second kappa shape index (κ2) is 6.20. The molecule has 0 bridgehead atoms. The summed E-state index contributed by atoms with van der Waals surface area (Å²) in [6.07, 6.45) is 2.99. The van der Waals surface area contributed by atoms with Crippen LogP contribution in [0.25, 0.3) is 0 Å². The molecule has 2 heterocycles. The lowest BCUT2D eigenvalue weighted by Gasteiger charge is -2.38. The molecule has 1 N–H and O–H groups in total. The molecule has 0 radical (unpaired) electrons. The Morgan fingerprint density at radius 1 is 1.37 bits per heavy atom. The molecule has 2 aliphatic rings. The summed E-state index contributed by atoms with van der Waals surface area (Å²) in [6.45, 7) is 4.23. The topological polar surface area (TPSA) is 59.0 Å². The quantitative estimate of drug-likeness (QED) is 0.825. The molecular formula is C14H25NO4. The van der Waals surface area contributed by atoms with E-state index in [0.29, 0.717) is 32.6 Å². The summed E-state index contributed by atoms with van der Waals surface area (Å²) in [5.74, 6) is 0.0225. The second-order valence-electron chi connectivity index (χ2n) is 5.86. The number of ether oxygens (including phenoxy) is 2. The molecule has 0 spiro atoms. The largest absolute Gasteiger partial charge is 0.388 e. The Kier molecular flexibility index (Phi) is 4.81. The molecule has 2 rings (SSSR count). The first-order chi connectivity index (χ1) is 9.02. The van der Waals surface area contributed by atoms with Crippen molar-refractivity contribution in [3.05, 3.63) is 0 Å². The van der Waals surface area contributed by atoms with Crippen LogP contribution < -0.4 is 0 Å². The van der Waals surface area contributed by atoms with E-state index in [2.05, 4.69) is 0 Å². The highest BCUT2D eigenvalue weighted by atomic mass is 16.5. The average Bonchev–Trinajstić information content (AvgIpc) is 2.39. The van der Waals surface area contributed by atoms with Crippen LogP contribution in [0.3, 0.4) is 0 Å². The summed E-state index contributed by atoms with van der Waals surface area (Å²) in [4.78, 5) is 14.1. The molecule has 0 aliphatic carbocycles. The van der Waals surface area contributed by atoms with Crippen molar-refractivity contribution in [1.82, 2.24) is 4.90 Å². The molecule has 2 aliphatic heterocycles. The van der Waals surface area contributed by atoms with Crippen molar-refractivity contribution < 1.29 is 19.4 Å². The third-order valence-corrected chi connectivity index (χ3v) is 4.26. The van der Waals surface area contributed by atoms with Gasteiger partial charge in [-0.05, 0) is 19.8 Å². The number of hydrogen-bond acceptors (Lipinski definition) is 4. The van der Waals surface area contributed by atoms with Crippen molar-refractivity contribution in [2.75, 3.05) is 33.4 Å². The fourth-order valence-corrected chi connectivity index (χ4v) is 2.96. The van der Waals surface area contributed by atoms with Gasteiger partial charge in [-0.2, -0.15) is 0 Å². The number of amides is 1. The molecule has 0 unspecified atom stereocenters. The number of likely N-dealkylation sites (N-methyl/N-ethyl adjacent to an activating group) is 1. The van der Waals surface area contributed by atoms with Crippen LogP contribution in [0.1, 0.15) is 32.6 Å². The predicted molar refractivity (Wildman–Crippen MR) is 70.8 cm³/mol. The molecule has 0 aromatic heterocycles. The van der Waals surface area contributed by atoms with Gasteiger partial charge in [-0.15, -0.1) is 0 Å². The van der Waals surface area contributed by atoms with E-state index in [4.69, 9.17) is 9.47 Å². The highest BCUT2D eigenvalue weighted by Crippen LogP contribution is 2.25. The molecule has 110 valence electrons. The second-order valence-corrected chi connectivity index (χ2v) is 5.86. The highest BCUT2D eigenvalue weighted by Gasteiger charge is 2.36. The van der Waals surface area contributed by atoms with E-state index in [1.165, 1.54) is 0 Å². The molecule has 2 saturated heterocycles. The van der Waals surface area contributed by atoms with E-state index in [-0.39, 0.29) is 17.9 Å². The molecule has 1 amide bonds. The fraction of sp³-hybridized carbons (Fsp3) is 0.929. The van der Waals surface area contributed by atoms with Gasteiger partial charge in [0.25, 0.3) is 0 Å². The summed E-state index contributed by atoms with van der Waals surface area (Å²) < 4.78 is 10.8. The number of rotatable bonds is 3. The maximum Gasteiger partial charge on any atom is 0.228 e. The third-order valence-electron chi connectivity index (χ3n) is 4.26. The Labute approximate surface area is 114 Å². The number of carbonyl (C=O) groups excluding carboxylic acids is 1. The first-order valence-corrected chi connectivity index (χ1v) is 7.18. The van der Waals surface area contributed by atoms with Crippen LogP contribution in [-0.2, 0) is 14.3 Å². The summed E-state index contributed by atoms with van der Waals surface area (Å²) in [5.41, 5.74) is -0.790. The fourth-order valence-electron chi connectivity index (χ4n) is 2.96. The van der Waals surface area contributed by atoms with E-state index in [1.54, 1.807) is 11.9 Å². The van der Waals surface area contributed by atoms with Crippen LogP contribution in [0.15, 0.2) is 0 Å². The van der Waals surface area contributed by atoms with Crippen molar-refractivity contribution in [2.24, 2.45) is 5.92 Å². The molecule has 5 heteroatoms. The monoisotopic (exact) mass is 271 g/mol. The van der Waals surface area contributed by atoms with E-state index in [0.717, 1.165) is 19.4 Å². The number of carbonyl (C=O) groups is 1. The first-order valence-electron chi connectivity index (χ1n) is 7.18. The Balaban J connectivity index is 1.91. The van der Waals surface area contributed by atoms with Crippen molar-refractivity contribution in [1.29, 1.82) is 0 Å². The van der Waals surface area contributed by atoms with Crippen molar-refractivity contribution >= 4 is 5.91 Å². The predicted octanol–water partition coefficient (Wildman–Crippen LogP) is 0.801. The zero-order valence-electron chi connectivity index (χ0n) is 11.9. The summed E-state index contributed by atoms with van der Waals surface area (Å²) >= 11 is 0. The van der Waals surface area contributed by atoms with E-state index in [9.17, 15) is 9.90 Å². The van der Waals surface area contributed by atoms with Crippen molar-refractivity contribution in [2.45, 2.75) is 44.3 Å². The average molecular weight is 271 g/mol. The molecule has 2 atom stereocenters. The molecule has 0 saturated carbocycles. The van der Waals surface area contributed by atoms with Gasteiger partial charge < -0.3 is 19.5 Å².